The van der Waals surface area contributed by atoms with Crippen LogP contribution < -0.4 is 10.1 Å². The minimum atomic E-state index is -0.378. The highest BCUT2D eigenvalue weighted by molar-refractivity contribution is 9.10. The molecule has 3 rings (SSSR count). The lowest BCUT2D eigenvalue weighted by molar-refractivity contribution is 0.105. The van der Waals surface area contributed by atoms with Crippen LogP contribution in [0.3, 0.4) is 0 Å². The van der Waals surface area contributed by atoms with E-state index in [0.29, 0.717) is 13.2 Å². The minimum absolute atomic E-state index is 0.215. The monoisotopic (exact) mass is 321 g/mol. The van der Waals surface area contributed by atoms with Gasteiger partial charge in [0.05, 0.1) is 6.54 Å². The maximum atomic E-state index is 10.9. The van der Waals surface area contributed by atoms with Crippen LogP contribution in [-0.2, 0) is 4.74 Å². The van der Waals surface area contributed by atoms with Crippen molar-refractivity contribution in [2.75, 3.05) is 13.2 Å². The van der Waals surface area contributed by atoms with Crippen molar-refractivity contribution in [3.05, 3.63) is 40.9 Å². The third-order valence-electron chi connectivity index (χ3n) is 2.96. The molecule has 1 unspecified atom stereocenters. The molecule has 1 heterocycles. The maximum Gasteiger partial charge on any atom is 0.407 e. The topological polar surface area (TPSA) is 47.6 Å². The van der Waals surface area contributed by atoms with Gasteiger partial charge in [0, 0.05) is 4.47 Å². The summed E-state index contributed by atoms with van der Waals surface area (Å²) in [4.78, 5) is 10.9. The number of cyclic esters (lactones) is 1. The van der Waals surface area contributed by atoms with Crippen LogP contribution in [0.5, 0.6) is 5.75 Å². The fourth-order valence-corrected chi connectivity index (χ4v) is 2.38. The number of nitrogens with one attached hydrogen (secondary N) is 1. The predicted octanol–water partition coefficient (Wildman–Crippen LogP) is 3.09. The second-order valence-corrected chi connectivity index (χ2v) is 5.29. The molecular weight excluding hydrogens is 310 g/mol. The highest BCUT2D eigenvalue weighted by atomic mass is 79.9. The molecule has 0 aromatic heterocycles. The first-order valence-corrected chi connectivity index (χ1v) is 6.76. The Morgan fingerprint density at radius 1 is 1.26 bits per heavy atom. The van der Waals surface area contributed by atoms with E-state index in [9.17, 15) is 4.79 Å². The molecule has 0 spiro atoms. The lowest BCUT2D eigenvalue weighted by Gasteiger charge is -2.10. The molecule has 5 heteroatoms. The quantitative estimate of drug-likeness (QED) is 0.945. The van der Waals surface area contributed by atoms with Crippen molar-refractivity contribution < 1.29 is 14.3 Å². The predicted molar refractivity (Wildman–Crippen MR) is 75.4 cm³/mol. The molecular formula is C14H12BrNO3. The summed E-state index contributed by atoms with van der Waals surface area (Å²) in [6.07, 6.45) is -0.593. The Balaban J connectivity index is 1.71. The van der Waals surface area contributed by atoms with Gasteiger partial charge in [-0.2, -0.15) is 0 Å². The van der Waals surface area contributed by atoms with Gasteiger partial charge in [0.2, 0.25) is 0 Å². The third-order valence-corrected chi connectivity index (χ3v) is 3.45. The second kappa shape index (κ2) is 5.09. The SMILES string of the molecule is O=C1NCC(COc2ccc3cc(Br)ccc3c2)O1. The molecule has 0 bridgehead atoms. The Kier molecular flexibility index (Phi) is 3.29. The Bertz CT molecular complexity index is 629. The first-order chi connectivity index (χ1) is 9.20. The number of hydrogen-bond acceptors (Lipinski definition) is 3. The van der Waals surface area contributed by atoms with E-state index < -0.39 is 0 Å². The number of benzene rings is 2. The van der Waals surface area contributed by atoms with Crippen molar-refractivity contribution in [2.45, 2.75) is 6.10 Å². The zero-order valence-corrected chi connectivity index (χ0v) is 11.6. The zero-order chi connectivity index (χ0) is 13.2. The van der Waals surface area contributed by atoms with Gasteiger partial charge in [-0.1, -0.05) is 28.1 Å². The van der Waals surface area contributed by atoms with Crippen LogP contribution >= 0.6 is 15.9 Å². The highest BCUT2D eigenvalue weighted by Gasteiger charge is 2.22. The summed E-state index contributed by atoms with van der Waals surface area (Å²) in [6, 6.07) is 12.0. The van der Waals surface area contributed by atoms with Gasteiger partial charge >= 0.3 is 6.09 Å². The molecule has 0 radical (unpaired) electrons. The molecule has 2 aromatic carbocycles. The lowest BCUT2D eigenvalue weighted by atomic mass is 10.1. The Morgan fingerprint density at radius 2 is 2.05 bits per heavy atom. The average Bonchev–Trinajstić information content (AvgIpc) is 2.82. The van der Waals surface area contributed by atoms with E-state index in [4.69, 9.17) is 9.47 Å². The van der Waals surface area contributed by atoms with E-state index in [1.54, 1.807) is 0 Å². The number of ether oxygens (including phenoxy) is 2. The van der Waals surface area contributed by atoms with Gasteiger partial charge in [0.25, 0.3) is 0 Å². The normalized spacial score (nSPS) is 18.2. The number of carbonyl (C=O) groups is 1. The number of fused-ring (bicyclic) bond motifs is 1. The number of hydrogen-bond donors (Lipinski definition) is 1. The largest absolute Gasteiger partial charge is 0.490 e. The van der Waals surface area contributed by atoms with E-state index in [1.165, 1.54) is 0 Å². The van der Waals surface area contributed by atoms with Crippen LogP contribution in [0, 0.1) is 0 Å². The maximum absolute atomic E-state index is 10.9. The summed E-state index contributed by atoms with van der Waals surface area (Å²) < 4.78 is 11.7. The van der Waals surface area contributed by atoms with E-state index in [2.05, 4.69) is 27.3 Å². The van der Waals surface area contributed by atoms with Gasteiger partial charge in [0.15, 0.2) is 6.10 Å². The van der Waals surface area contributed by atoms with Crippen LogP contribution in [0.4, 0.5) is 4.79 Å². The van der Waals surface area contributed by atoms with Crippen LogP contribution in [-0.4, -0.2) is 25.3 Å². The molecule has 1 aliphatic heterocycles. The number of amides is 1. The summed E-state index contributed by atoms with van der Waals surface area (Å²) in [5.74, 6) is 0.776. The Hall–Kier alpha value is -1.75. The van der Waals surface area contributed by atoms with Crippen molar-refractivity contribution in [1.82, 2.24) is 5.32 Å². The molecule has 1 fully saturated rings. The molecule has 1 atom stereocenters. The third kappa shape index (κ3) is 2.81. The van der Waals surface area contributed by atoms with Crippen LogP contribution in [0.15, 0.2) is 40.9 Å². The van der Waals surface area contributed by atoms with Crippen molar-refractivity contribution in [3.8, 4) is 5.75 Å². The van der Waals surface area contributed by atoms with E-state index in [0.717, 1.165) is 21.0 Å². The summed E-state index contributed by atoms with van der Waals surface area (Å²) in [5.41, 5.74) is 0. The van der Waals surface area contributed by atoms with E-state index >= 15 is 0 Å². The molecule has 98 valence electrons. The van der Waals surface area contributed by atoms with E-state index in [-0.39, 0.29) is 12.2 Å². The van der Waals surface area contributed by atoms with Gasteiger partial charge < -0.3 is 14.8 Å². The fraction of sp³-hybridized carbons (Fsp3) is 0.214. The molecule has 2 aromatic rings. The smallest absolute Gasteiger partial charge is 0.407 e. The Morgan fingerprint density at radius 3 is 2.84 bits per heavy atom. The van der Waals surface area contributed by atoms with Gasteiger partial charge in [-0.05, 0) is 35.0 Å². The number of halogens is 1. The number of carbonyl (C=O) groups excluding carboxylic acids is 1. The fourth-order valence-electron chi connectivity index (χ4n) is 2.00. The van der Waals surface area contributed by atoms with Gasteiger partial charge in [-0.15, -0.1) is 0 Å². The molecule has 0 saturated carbocycles. The number of rotatable bonds is 3. The summed E-state index contributed by atoms with van der Waals surface area (Å²) in [7, 11) is 0. The number of alkyl carbamates (subject to hydrolysis) is 1. The van der Waals surface area contributed by atoms with Gasteiger partial charge in [-0.3, -0.25) is 0 Å². The average molecular weight is 322 g/mol. The molecule has 1 saturated heterocycles. The van der Waals surface area contributed by atoms with Crippen LogP contribution in [0.1, 0.15) is 0 Å². The first kappa shape index (κ1) is 12.3. The summed E-state index contributed by atoms with van der Waals surface area (Å²) in [5, 5.41) is 4.86. The van der Waals surface area contributed by atoms with Crippen LogP contribution in [0.25, 0.3) is 10.8 Å². The van der Waals surface area contributed by atoms with Crippen molar-refractivity contribution in [3.63, 3.8) is 0 Å². The summed E-state index contributed by atoms with van der Waals surface area (Å²) >= 11 is 3.45. The zero-order valence-electron chi connectivity index (χ0n) is 10.1. The van der Waals surface area contributed by atoms with E-state index in [1.807, 2.05) is 30.3 Å². The standard InChI is InChI=1S/C14H12BrNO3/c15-11-3-1-10-6-12(4-2-9(10)5-11)18-8-13-7-16-14(17)19-13/h1-6,13H,7-8H2,(H,16,17). The molecule has 1 amide bonds. The molecule has 1 N–H and O–H groups in total. The molecule has 0 aliphatic carbocycles. The van der Waals surface area contributed by atoms with Crippen molar-refractivity contribution in [2.24, 2.45) is 0 Å². The highest BCUT2D eigenvalue weighted by Crippen LogP contribution is 2.24. The summed E-state index contributed by atoms with van der Waals surface area (Å²) in [6.45, 7) is 0.861. The lowest BCUT2D eigenvalue weighted by Crippen LogP contribution is -2.21. The van der Waals surface area contributed by atoms with Crippen molar-refractivity contribution in [1.29, 1.82) is 0 Å². The minimum Gasteiger partial charge on any atom is -0.490 e. The van der Waals surface area contributed by atoms with Gasteiger partial charge in [0.1, 0.15) is 12.4 Å². The molecule has 19 heavy (non-hydrogen) atoms. The Labute approximate surface area is 118 Å². The van der Waals surface area contributed by atoms with Crippen molar-refractivity contribution >= 4 is 32.8 Å². The molecule has 4 nitrogen and oxygen atoms in total. The molecule has 1 aliphatic rings. The van der Waals surface area contributed by atoms with Gasteiger partial charge in [-0.25, -0.2) is 4.79 Å². The second-order valence-electron chi connectivity index (χ2n) is 4.37. The van der Waals surface area contributed by atoms with Crippen LogP contribution in [0.2, 0.25) is 0 Å². The first-order valence-electron chi connectivity index (χ1n) is 5.97.